The van der Waals surface area contributed by atoms with Gasteiger partial charge in [-0.15, -0.1) is 0 Å². The highest BCUT2D eigenvalue weighted by molar-refractivity contribution is 5.83. The molecule has 0 saturated heterocycles. The minimum atomic E-state index is 0.710. The van der Waals surface area contributed by atoms with E-state index < -0.39 is 0 Å². The number of hydrogen-bond acceptors (Lipinski definition) is 1. The van der Waals surface area contributed by atoms with Crippen molar-refractivity contribution in [1.29, 1.82) is 0 Å². The van der Waals surface area contributed by atoms with Gasteiger partial charge in [-0.05, 0) is 42.0 Å². The maximum Gasteiger partial charge on any atom is 0.119 e. The Morgan fingerprint density at radius 1 is 1.23 bits per heavy atom. The molecule has 0 atom stereocenters. The van der Waals surface area contributed by atoms with Gasteiger partial charge in [0, 0.05) is 0 Å². The standard InChI is InChI=1S/C12H11O/c1-2-13-12-8-7-10-5-3-4-6-11(10)9-12/h3,5-9H,2H2,1H3. The SMILES string of the molecule is CCOc1ccc2cc[c]cc2c1. The minimum absolute atomic E-state index is 0.710. The van der Waals surface area contributed by atoms with Crippen LogP contribution in [0.1, 0.15) is 6.92 Å². The van der Waals surface area contributed by atoms with Crippen molar-refractivity contribution in [1.82, 2.24) is 0 Å². The van der Waals surface area contributed by atoms with Crippen molar-refractivity contribution in [2.75, 3.05) is 6.61 Å². The zero-order chi connectivity index (χ0) is 9.10. The monoisotopic (exact) mass is 171 g/mol. The second-order valence-corrected chi connectivity index (χ2v) is 2.87. The Bertz CT molecular complexity index is 407. The van der Waals surface area contributed by atoms with Crippen LogP contribution >= 0.6 is 0 Å². The first-order valence-electron chi connectivity index (χ1n) is 4.43. The third kappa shape index (κ3) is 1.64. The summed E-state index contributed by atoms with van der Waals surface area (Å²) in [6.07, 6.45) is 0. The predicted octanol–water partition coefficient (Wildman–Crippen LogP) is 3.04. The van der Waals surface area contributed by atoms with Crippen LogP contribution in [0, 0.1) is 6.07 Å². The largest absolute Gasteiger partial charge is 0.494 e. The van der Waals surface area contributed by atoms with Crippen LogP contribution in [-0.2, 0) is 0 Å². The molecular formula is C12H11O. The average Bonchev–Trinajstić information content (AvgIpc) is 2.18. The van der Waals surface area contributed by atoms with E-state index in [1.165, 1.54) is 10.8 Å². The predicted molar refractivity (Wildman–Crippen MR) is 54.0 cm³/mol. The molecular weight excluding hydrogens is 160 g/mol. The third-order valence-corrected chi connectivity index (χ3v) is 1.97. The van der Waals surface area contributed by atoms with Crippen molar-refractivity contribution in [2.45, 2.75) is 6.92 Å². The van der Waals surface area contributed by atoms with Crippen LogP contribution in [0.25, 0.3) is 10.8 Å². The van der Waals surface area contributed by atoms with Crippen LogP contribution in [0.5, 0.6) is 5.75 Å². The highest BCUT2D eigenvalue weighted by Crippen LogP contribution is 2.19. The van der Waals surface area contributed by atoms with Gasteiger partial charge in [-0.25, -0.2) is 0 Å². The lowest BCUT2D eigenvalue weighted by Gasteiger charge is -2.03. The van der Waals surface area contributed by atoms with Gasteiger partial charge in [-0.3, -0.25) is 0 Å². The van der Waals surface area contributed by atoms with Crippen molar-refractivity contribution in [3.05, 3.63) is 42.5 Å². The Balaban J connectivity index is 2.49. The van der Waals surface area contributed by atoms with Gasteiger partial charge in [0.05, 0.1) is 6.61 Å². The summed E-state index contributed by atoms with van der Waals surface area (Å²) in [7, 11) is 0. The van der Waals surface area contributed by atoms with Crippen molar-refractivity contribution in [2.24, 2.45) is 0 Å². The van der Waals surface area contributed by atoms with E-state index in [-0.39, 0.29) is 0 Å². The second-order valence-electron chi connectivity index (χ2n) is 2.87. The van der Waals surface area contributed by atoms with Crippen LogP contribution in [0.3, 0.4) is 0 Å². The summed E-state index contributed by atoms with van der Waals surface area (Å²) in [4.78, 5) is 0. The molecule has 0 aliphatic carbocycles. The van der Waals surface area contributed by atoms with Gasteiger partial charge in [-0.2, -0.15) is 0 Å². The summed E-state index contributed by atoms with van der Waals surface area (Å²) in [6, 6.07) is 15.1. The van der Waals surface area contributed by atoms with E-state index in [2.05, 4.69) is 12.1 Å². The van der Waals surface area contributed by atoms with Crippen molar-refractivity contribution in [3.63, 3.8) is 0 Å². The summed E-state index contributed by atoms with van der Waals surface area (Å²) < 4.78 is 5.40. The van der Waals surface area contributed by atoms with E-state index in [1.807, 2.05) is 37.3 Å². The van der Waals surface area contributed by atoms with E-state index in [0.717, 1.165) is 5.75 Å². The van der Waals surface area contributed by atoms with Gasteiger partial charge in [-0.1, -0.05) is 18.2 Å². The molecule has 1 nitrogen and oxygen atoms in total. The summed E-state index contributed by atoms with van der Waals surface area (Å²) >= 11 is 0. The van der Waals surface area contributed by atoms with Crippen LogP contribution < -0.4 is 4.74 Å². The Kier molecular flexibility index (Phi) is 2.17. The van der Waals surface area contributed by atoms with Crippen LogP contribution in [0.15, 0.2) is 36.4 Å². The topological polar surface area (TPSA) is 9.23 Å². The van der Waals surface area contributed by atoms with E-state index >= 15 is 0 Å². The fourth-order valence-electron chi connectivity index (χ4n) is 1.36. The zero-order valence-electron chi connectivity index (χ0n) is 7.58. The summed E-state index contributed by atoms with van der Waals surface area (Å²) in [5.74, 6) is 0.926. The lowest BCUT2D eigenvalue weighted by molar-refractivity contribution is 0.341. The smallest absolute Gasteiger partial charge is 0.119 e. The lowest BCUT2D eigenvalue weighted by atomic mass is 10.1. The zero-order valence-corrected chi connectivity index (χ0v) is 7.58. The summed E-state index contributed by atoms with van der Waals surface area (Å²) in [5, 5.41) is 2.40. The number of fused-ring (bicyclic) bond motifs is 1. The first-order chi connectivity index (χ1) is 6.40. The molecule has 0 N–H and O–H groups in total. The number of benzene rings is 2. The fourth-order valence-corrected chi connectivity index (χ4v) is 1.36. The third-order valence-electron chi connectivity index (χ3n) is 1.97. The molecule has 65 valence electrons. The highest BCUT2D eigenvalue weighted by atomic mass is 16.5. The Morgan fingerprint density at radius 3 is 3.00 bits per heavy atom. The first-order valence-corrected chi connectivity index (χ1v) is 4.43. The molecule has 1 heteroatoms. The first kappa shape index (κ1) is 8.11. The molecule has 0 aliphatic rings. The molecule has 0 fully saturated rings. The fraction of sp³-hybridized carbons (Fsp3) is 0.167. The summed E-state index contributed by atoms with van der Waals surface area (Å²) in [5.41, 5.74) is 0. The van der Waals surface area contributed by atoms with Crippen LogP contribution in [0.4, 0.5) is 0 Å². The molecule has 2 aromatic carbocycles. The van der Waals surface area contributed by atoms with Gasteiger partial charge in [0.2, 0.25) is 0 Å². The summed E-state index contributed by atoms with van der Waals surface area (Å²) in [6.45, 7) is 2.70. The van der Waals surface area contributed by atoms with E-state index in [4.69, 9.17) is 4.74 Å². The minimum Gasteiger partial charge on any atom is -0.494 e. The lowest BCUT2D eigenvalue weighted by Crippen LogP contribution is -1.90. The Labute approximate surface area is 78.0 Å². The van der Waals surface area contributed by atoms with Gasteiger partial charge in [0.15, 0.2) is 0 Å². The second kappa shape index (κ2) is 3.48. The molecule has 13 heavy (non-hydrogen) atoms. The molecule has 1 radical (unpaired) electrons. The molecule has 0 heterocycles. The Hall–Kier alpha value is -1.50. The van der Waals surface area contributed by atoms with Crippen LogP contribution in [-0.4, -0.2) is 6.61 Å². The van der Waals surface area contributed by atoms with Gasteiger partial charge < -0.3 is 4.74 Å². The molecule has 0 amide bonds. The van der Waals surface area contributed by atoms with E-state index in [0.29, 0.717) is 6.61 Å². The van der Waals surface area contributed by atoms with Gasteiger partial charge in [0.1, 0.15) is 5.75 Å². The van der Waals surface area contributed by atoms with E-state index in [1.54, 1.807) is 0 Å². The quantitative estimate of drug-likeness (QED) is 0.674. The molecule has 0 unspecified atom stereocenters. The van der Waals surface area contributed by atoms with E-state index in [9.17, 15) is 0 Å². The number of ether oxygens (including phenoxy) is 1. The Morgan fingerprint density at radius 2 is 2.15 bits per heavy atom. The number of rotatable bonds is 2. The molecule has 0 saturated carbocycles. The molecule has 0 spiro atoms. The maximum atomic E-state index is 5.40. The molecule has 2 aromatic rings. The molecule has 2 rings (SSSR count). The van der Waals surface area contributed by atoms with Crippen molar-refractivity contribution >= 4 is 10.8 Å². The molecule has 0 aliphatic heterocycles. The molecule has 0 aromatic heterocycles. The van der Waals surface area contributed by atoms with Gasteiger partial charge in [0.25, 0.3) is 0 Å². The van der Waals surface area contributed by atoms with Crippen LogP contribution in [0.2, 0.25) is 0 Å². The average molecular weight is 171 g/mol. The van der Waals surface area contributed by atoms with Crippen molar-refractivity contribution in [3.8, 4) is 5.75 Å². The van der Waals surface area contributed by atoms with Gasteiger partial charge >= 0.3 is 0 Å². The maximum absolute atomic E-state index is 5.40. The highest BCUT2D eigenvalue weighted by Gasteiger charge is 1.94. The normalized spacial score (nSPS) is 10.2. The number of hydrogen-bond donors (Lipinski definition) is 0. The van der Waals surface area contributed by atoms with Crippen molar-refractivity contribution < 1.29 is 4.74 Å². The molecule has 0 bridgehead atoms.